The van der Waals surface area contributed by atoms with Gasteiger partial charge in [0, 0.05) is 26.2 Å². The van der Waals surface area contributed by atoms with Gasteiger partial charge in [0.2, 0.25) is 5.91 Å². The fourth-order valence-electron chi connectivity index (χ4n) is 2.35. The zero-order valence-corrected chi connectivity index (χ0v) is 11.9. The Kier molecular flexibility index (Phi) is 6.05. The number of hydrogen-bond donors (Lipinski definition) is 2. The van der Waals surface area contributed by atoms with Gasteiger partial charge in [0.25, 0.3) is 0 Å². The number of likely N-dealkylation sites (N-methyl/N-ethyl adjacent to an activating group) is 1. The van der Waals surface area contributed by atoms with Crippen LogP contribution in [0.15, 0.2) is 0 Å². The third-order valence-electron chi connectivity index (χ3n) is 3.58. The highest BCUT2D eigenvalue weighted by molar-refractivity contribution is 5.84. The lowest BCUT2D eigenvalue weighted by Crippen LogP contribution is -2.54. The lowest BCUT2D eigenvalue weighted by atomic mass is 9.96. The van der Waals surface area contributed by atoms with Crippen LogP contribution in [0.2, 0.25) is 0 Å². The van der Waals surface area contributed by atoms with Crippen LogP contribution in [-0.4, -0.2) is 55.2 Å². The number of carbonyl (C=O) groups is 1. The molecule has 0 aromatic heterocycles. The van der Waals surface area contributed by atoms with Crippen LogP contribution < -0.4 is 11.1 Å². The Morgan fingerprint density at radius 2 is 2.33 bits per heavy atom. The summed E-state index contributed by atoms with van der Waals surface area (Å²) in [4.78, 5) is 13.9. The fraction of sp³-hybridized carbons (Fsp3) is 0.923. The summed E-state index contributed by atoms with van der Waals surface area (Å²) in [5, 5.41) is 3.19. The van der Waals surface area contributed by atoms with Gasteiger partial charge in [-0.25, -0.2) is 0 Å². The molecule has 0 radical (unpaired) electrons. The van der Waals surface area contributed by atoms with Crippen molar-refractivity contribution >= 4 is 5.91 Å². The molecule has 1 heterocycles. The van der Waals surface area contributed by atoms with E-state index in [2.05, 4.69) is 17.1 Å². The van der Waals surface area contributed by atoms with Gasteiger partial charge in [0.1, 0.15) is 0 Å². The first kappa shape index (κ1) is 15.4. The molecule has 1 fully saturated rings. The summed E-state index contributed by atoms with van der Waals surface area (Å²) in [6.07, 6.45) is 2.06. The first-order valence-corrected chi connectivity index (χ1v) is 6.87. The van der Waals surface area contributed by atoms with E-state index in [4.69, 9.17) is 10.5 Å². The van der Waals surface area contributed by atoms with Crippen molar-refractivity contribution in [1.29, 1.82) is 0 Å². The maximum absolute atomic E-state index is 11.5. The first-order valence-electron chi connectivity index (χ1n) is 6.87. The Hall–Kier alpha value is -0.650. The van der Waals surface area contributed by atoms with E-state index >= 15 is 0 Å². The maximum Gasteiger partial charge on any atom is 0.237 e. The lowest BCUT2D eigenvalue weighted by molar-refractivity contribution is -0.124. The average Bonchev–Trinajstić information content (AvgIpc) is 2.51. The molecule has 0 spiro atoms. The minimum absolute atomic E-state index is 0.270. The Balaban J connectivity index is 2.48. The van der Waals surface area contributed by atoms with Gasteiger partial charge in [-0.1, -0.05) is 6.92 Å². The molecule has 1 saturated heterocycles. The van der Waals surface area contributed by atoms with E-state index in [1.54, 1.807) is 0 Å². The zero-order chi connectivity index (χ0) is 13.6. The molecule has 0 bridgehead atoms. The van der Waals surface area contributed by atoms with Crippen LogP contribution in [0.5, 0.6) is 0 Å². The van der Waals surface area contributed by atoms with Crippen molar-refractivity contribution in [1.82, 2.24) is 10.2 Å². The van der Waals surface area contributed by atoms with E-state index < -0.39 is 5.54 Å². The molecule has 0 aromatic carbocycles. The normalized spacial score (nSPS) is 25.4. The molecule has 18 heavy (non-hydrogen) atoms. The molecule has 2 atom stereocenters. The molecule has 5 nitrogen and oxygen atoms in total. The molecule has 5 heteroatoms. The Morgan fingerprint density at radius 1 is 1.61 bits per heavy atom. The lowest BCUT2D eigenvalue weighted by Gasteiger charge is -2.30. The van der Waals surface area contributed by atoms with Gasteiger partial charge in [-0.15, -0.1) is 0 Å². The van der Waals surface area contributed by atoms with Crippen LogP contribution in [0.4, 0.5) is 0 Å². The predicted molar refractivity (Wildman–Crippen MR) is 72.4 cm³/mol. The predicted octanol–water partition coefficient (Wildman–Crippen LogP) is 0.341. The van der Waals surface area contributed by atoms with Crippen molar-refractivity contribution < 1.29 is 9.53 Å². The minimum atomic E-state index is -0.606. The smallest absolute Gasteiger partial charge is 0.237 e. The first-order chi connectivity index (χ1) is 8.48. The number of amides is 1. The number of hydrogen-bond acceptors (Lipinski definition) is 4. The fourth-order valence-corrected chi connectivity index (χ4v) is 2.35. The molecule has 0 aromatic rings. The Bertz CT molecular complexity index is 273. The molecule has 0 aliphatic carbocycles. The van der Waals surface area contributed by atoms with E-state index in [-0.39, 0.29) is 12.0 Å². The molecule has 106 valence electrons. The summed E-state index contributed by atoms with van der Waals surface area (Å²) in [5.41, 5.74) is 4.88. The van der Waals surface area contributed by atoms with Crippen LogP contribution in [0, 0.1) is 0 Å². The molecular formula is C13H27N3O2. The highest BCUT2D eigenvalue weighted by Crippen LogP contribution is 2.12. The van der Waals surface area contributed by atoms with Crippen molar-refractivity contribution in [2.45, 2.75) is 45.3 Å². The summed E-state index contributed by atoms with van der Waals surface area (Å²) in [6, 6.07) is 0. The van der Waals surface area contributed by atoms with Gasteiger partial charge in [0.15, 0.2) is 0 Å². The van der Waals surface area contributed by atoms with Gasteiger partial charge in [-0.2, -0.15) is 0 Å². The third kappa shape index (κ3) is 4.55. The monoisotopic (exact) mass is 257 g/mol. The summed E-state index contributed by atoms with van der Waals surface area (Å²) >= 11 is 0. The molecule has 1 aliphatic heterocycles. The standard InChI is InChI=1S/C13H27N3O2/c1-4-15-13(3,12(14)17)6-8-16-7-5-9-18-11(2)10-16/h11,15H,4-10H2,1-3H3,(H2,14,17). The number of rotatable bonds is 6. The summed E-state index contributed by atoms with van der Waals surface area (Å²) in [7, 11) is 0. The Labute approximate surface area is 110 Å². The molecule has 2 unspecified atom stereocenters. The number of nitrogens with one attached hydrogen (secondary N) is 1. The number of carbonyl (C=O) groups excluding carboxylic acids is 1. The van der Waals surface area contributed by atoms with Gasteiger partial charge >= 0.3 is 0 Å². The van der Waals surface area contributed by atoms with Crippen molar-refractivity contribution in [3.8, 4) is 0 Å². The van der Waals surface area contributed by atoms with Gasteiger partial charge in [0.05, 0.1) is 11.6 Å². The van der Waals surface area contributed by atoms with Gasteiger partial charge in [-0.05, 0) is 33.2 Å². The van der Waals surface area contributed by atoms with Gasteiger partial charge < -0.3 is 20.7 Å². The highest BCUT2D eigenvalue weighted by Gasteiger charge is 2.30. The van der Waals surface area contributed by atoms with E-state index in [0.717, 1.165) is 45.6 Å². The average molecular weight is 257 g/mol. The minimum Gasteiger partial charge on any atom is -0.377 e. The van der Waals surface area contributed by atoms with Crippen LogP contribution in [0.1, 0.15) is 33.6 Å². The second kappa shape index (κ2) is 7.07. The summed E-state index contributed by atoms with van der Waals surface area (Å²) in [6.45, 7) is 10.4. The van der Waals surface area contributed by atoms with E-state index in [1.165, 1.54) is 0 Å². The van der Waals surface area contributed by atoms with Crippen LogP contribution >= 0.6 is 0 Å². The molecule has 1 amide bonds. The largest absolute Gasteiger partial charge is 0.377 e. The molecule has 3 N–H and O–H groups in total. The van der Waals surface area contributed by atoms with E-state index in [0.29, 0.717) is 0 Å². The third-order valence-corrected chi connectivity index (χ3v) is 3.58. The van der Waals surface area contributed by atoms with Crippen molar-refractivity contribution in [2.24, 2.45) is 5.73 Å². The quantitative estimate of drug-likeness (QED) is 0.720. The topological polar surface area (TPSA) is 67.6 Å². The molecule has 1 aliphatic rings. The zero-order valence-electron chi connectivity index (χ0n) is 11.9. The van der Waals surface area contributed by atoms with Crippen molar-refractivity contribution in [3.05, 3.63) is 0 Å². The molecular weight excluding hydrogens is 230 g/mol. The summed E-state index contributed by atoms with van der Waals surface area (Å²) < 4.78 is 5.61. The van der Waals surface area contributed by atoms with E-state index in [9.17, 15) is 4.79 Å². The number of ether oxygens (including phenoxy) is 1. The summed E-state index contributed by atoms with van der Waals surface area (Å²) in [5.74, 6) is -0.275. The van der Waals surface area contributed by atoms with Crippen molar-refractivity contribution in [3.63, 3.8) is 0 Å². The number of nitrogens with zero attached hydrogens (tertiary/aromatic N) is 1. The molecule has 1 rings (SSSR count). The number of primary amides is 1. The maximum atomic E-state index is 11.5. The van der Waals surface area contributed by atoms with Crippen molar-refractivity contribution in [2.75, 3.05) is 32.8 Å². The second-order valence-electron chi connectivity index (χ2n) is 5.31. The second-order valence-corrected chi connectivity index (χ2v) is 5.31. The van der Waals surface area contributed by atoms with Crippen LogP contribution in [-0.2, 0) is 9.53 Å². The van der Waals surface area contributed by atoms with Crippen LogP contribution in [0.3, 0.4) is 0 Å². The van der Waals surface area contributed by atoms with E-state index in [1.807, 2.05) is 13.8 Å². The SMILES string of the molecule is CCNC(C)(CCN1CCCOC(C)C1)C(N)=O. The van der Waals surface area contributed by atoms with Crippen LogP contribution in [0.25, 0.3) is 0 Å². The molecule has 0 saturated carbocycles. The number of nitrogens with two attached hydrogens (primary N) is 1. The Morgan fingerprint density at radius 3 is 2.94 bits per heavy atom. The highest BCUT2D eigenvalue weighted by atomic mass is 16.5. The van der Waals surface area contributed by atoms with Gasteiger partial charge in [-0.3, -0.25) is 4.79 Å².